The van der Waals surface area contributed by atoms with Crippen LogP contribution < -0.4 is 10.1 Å². The number of nitrogens with one attached hydrogen (secondary N) is 1. The molecule has 1 aromatic heterocycles. The molecule has 4 nitrogen and oxygen atoms in total. The predicted octanol–water partition coefficient (Wildman–Crippen LogP) is 7.22. The summed E-state index contributed by atoms with van der Waals surface area (Å²) in [5, 5.41) is 6.18. The van der Waals surface area contributed by atoms with Crippen molar-refractivity contribution in [2.75, 3.05) is 19.6 Å². The third kappa shape index (κ3) is 4.59. The summed E-state index contributed by atoms with van der Waals surface area (Å²) in [6, 6.07) is 33.0. The van der Waals surface area contributed by atoms with Crippen LogP contribution in [0.5, 0.6) is 5.75 Å². The van der Waals surface area contributed by atoms with Gasteiger partial charge in [0.25, 0.3) is 0 Å². The first kappa shape index (κ1) is 24.7. The zero-order valence-electron chi connectivity index (χ0n) is 22.7. The van der Waals surface area contributed by atoms with Crippen molar-refractivity contribution in [3.05, 3.63) is 113 Å². The van der Waals surface area contributed by atoms with Gasteiger partial charge in [0.1, 0.15) is 5.75 Å². The Labute approximate surface area is 225 Å². The summed E-state index contributed by atoms with van der Waals surface area (Å²) in [4.78, 5) is 2.56. The maximum absolute atomic E-state index is 6.82. The lowest BCUT2D eigenvalue weighted by molar-refractivity contribution is -0.0203. The third-order valence-electron chi connectivity index (χ3n) is 8.21. The van der Waals surface area contributed by atoms with Crippen molar-refractivity contribution in [1.29, 1.82) is 0 Å². The first-order chi connectivity index (χ1) is 18.6. The molecule has 2 heterocycles. The van der Waals surface area contributed by atoms with Crippen molar-refractivity contribution < 1.29 is 4.74 Å². The van der Waals surface area contributed by atoms with Crippen LogP contribution in [0.1, 0.15) is 41.6 Å². The number of hydrogen-bond donors (Lipinski definition) is 1. The van der Waals surface area contributed by atoms with Crippen molar-refractivity contribution in [3.8, 4) is 5.75 Å². The number of aryl methyl sites for hydroxylation is 1. The first-order valence-electron chi connectivity index (χ1n) is 13.9. The highest BCUT2D eigenvalue weighted by atomic mass is 16.5. The second-order valence-electron chi connectivity index (χ2n) is 10.5. The Morgan fingerprint density at radius 2 is 1.66 bits per heavy atom. The van der Waals surface area contributed by atoms with E-state index in [4.69, 9.17) is 4.74 Å². The van der Waals surface area contributed by atoms with Gasteiger partial charge in [-0.3, -0.25) is 4.90 Å². The van der Waals surface area contributed by atoms with Gasteiger partial charge in [-0.25, -0.2) is 0 Å². The molecule has 0 amide bonds. The number of aromatic nitrogens is 1. The maximum Gasteiger partial charge on any atom is 0.152 e. The monoisotopic (exact) mass is 503 g/mol. The van der Waals surface area contributed by atoms with Crippen LogP contribution in [-0.4, -0.2) is 35.3 Å². The molecule has 5 aromatic rings. The third-order valence-corrected chi connectivity index (χ3v) is 8.21. The summed E-state index contributed by atoms with van der Waals surface area (Å²) in [7, 11) is 0. The van der Waals surface area contributed by atoms with Crippen molar-refractivity contribution in [2.24, 2.45) is 0 Å². The smallest absolute Gasteiger partial charge is 0.152 e. The minimum absolute atomic E-state index is 0.00594. The van der Waals surface area contributed by atoms with Gasteiger partial charge in [0.15, 0.2) is 6.23 Å². The van der Waals surface area contributed by atoms with Crippen molar-refractivity contribution >= 4 is 21.8 Å². The highest BCUT2D eigenvalue weighted by molar-refractivity contribution is 6.08. The number of piperazine rings is 1. The Morgan fingerprint density at radius 1 is 0.868 bits per heavy atom. The van der Waals surface area contributed by atoms with E-state index < -0.39 is 0 Å². The largest absolute Gasteiger partial charge is 0.475 e. The molecule has 1 saturated heterocycles. The van der Waals surface area contributed by atoms with Gasteiger partial charge in [0.2, 0.25) is 0 Å². The number of hydrogen-bond acceptors (Lipinski definition) is 3. The molecule has 2 atom stereocenters. The quantitative estimate of drug-likeness (QED) is 0.254. The molecule has 0 bridgehead atoms. The van der Waals surface area contributed by atoms with Gasteiger partial charge in [0, 0.05) is 48.5 Å². The van der Waals surface area contributed by atoms with E-state index in [0.29, 0.717) is 6.04 Å². The summed E-state index contributed by atoms with van der Waals surface area (Å²) in [5.74, 6) is 0.930. The normalized spacial score (nSPS) is 17.2. The SMILES string of the molecule is CCC(Oc1ccc2c3ccccc3n(Cc3ccccc3)c2c1)N1CCNCC1c1cccc(C)c1C. The van der Waals surface area contributed by atoms with Gasteiger partial charge < -0.3 is 14.6 Å². The minimum atomic E-state index is 0.00594. The molecule has 1 aliphatic heterocycles. The van der Waals surface area contributed by atoms with Gasteiger partial charge in [-0.05, 0) is 60.7 Å². The topological polar surface area (TPSA) is 29.4 Å². The van der Waals surface area contributed by atoms with Gasteiger partial charge >= 0.3 is 0 Å². The highest BCUT2D eigenvalue weighted by Gasteiger charge is 2.31. The van der Waals surface area contributed by atoms with E-state index in [1.165, 1.54) is 44.1 Å². The summed E-state index contributed by atoms with van der Waals surface area (Å²) in [6.45, 7) is 10.4. The average Bonchev–Trinajstić information content (AvgIpc) is 3.26. The molecule has 1 fully saturated rings. The number of benzene rings is 4. The van der Waals surface area contributed by atoms with Crippen molar-refractivity contribution in [3.63, 3.8) is 0 Å². The summed E-state index contributed by atoms with van der Waals surface area (Å²) in [6.07, 6.45) is 0.929. The molecular weight excluding hydrogens is 466 g/mol. The molecule has 0 radical (unpaired) electrons. The fourth-order valence-electron chi connectivity index (χ4n) is 6.07. The Hall–Kier alpha value is -3.60. The molecule has 194 valence electrons. The molecule has 6 rings (SSSR count). The number of fused-ring (bicyclic) bond motifs is 3. The highest BCUT2D eigenvalue weighted by Crippen LogP contribution is 2.34. The molecule has 0 saturated carbocycles. The van der Waals surface area contributed by atoms with Gasteiger partial charge in [-0.1, -0.05) is 73.7 Å². The van der Waals surface area contributed by atoms with Gasteiger partial charge in [0.05, 0.1) is 11.6 Å². The first-order valence-corrected chi connectivity index (χ1v) is 13.9. The average molecular weight is 504 g/mol. The van der Waals surface area contributed by atoms with Gasteiger partial charge in [-0.2, -0.15) is 0 Å². The van der Waals surface area contributed by atoms with Crippen LogP contribution in [0.3, 0.4) is 0 Å². The molecule has 38 heavy (non-hydrogen) atoms. The lowest BCUT2D eigenvalue weighted by Gasteiger charge is -2.41. The zero-order valence-corrected chi connectivity index (χ0v) is 22.7. The van der Waals surface area contributed by atoms with E-state index in [1.54, 1.807) is 0 Å². The van der Waals surface area contributed by atoms with Crippen LogP contribution in [0.4, 0.5) is 0 Å². The van der Waals surface area contributed by atoms with Crippen molar-refractivity contribution in [1.82, 2.24) is 14.8 Å². The Morgan fingerprint density at radius 3 is 2.50 bits per heavy atom. The molecule has 2 unspecified atom stereocenters. The molecule has 4 heteroatoms. The lowest BCUT2D eigenvalue weighted by Crippen LogP contribution is -2.52. The molecule has 0 aliphatic carbocycles. The van der Waals surface area contributed by atoms with Crippen LogP contribution in [0.15, 0.2) is 91.0 Å². The summed E-state index contributed by atoms with van der Waals surface area (Å²) < 4.78 is 9.25. The second kappa shape index (κ2) is 10.6. The molecular formula is C34H37N3O. The summed E-state index contributed by atoms with van der Waals surface area (Å²) >= 11 is 0. The van der Waals surface area contributed by atoms with E-state index in [9.17, 15) is 0 Å². The Balaban J connectivity index is 1.36. The van der Waals surface area contributed by atoms with Crippen molar-refractivity contribution in [2.45, 2.75) is 46.0 Å². The molecule has 1 N–H and O–H groups in total. The number of nitrogens with zero attached hydrogens (tertiary/aromatic N) is 2. The van der Waals surface area contributed by atoms with E-state index in [0.717, 1.165) is 38.3 Å². The Kier molecular flexibility index (Phi) is 6.92. The predicted molar refractivity (Wildman–Crippen MR) is 158 cm³/mol. The Bertz CT molecular complexity index is 1550. The molecule has 1 aliphatic rings. The second-order valence-corrected chi connectivity index (χ2v) is 10.5. The lowest BCUT2D eigenvalue weighted by atomic mass is 9.95. The maximum atomic E-state index is 6.82. The molecule has 0 spiro atoms. The standard InChI is InChI=1S/C34H37N3O/c1-4-34(36-20-19-35-22-33(36)28-15-10-11-24(2)25(28)3)38-27-17-18-30-29-14-8-9-16-31(29)37(32(30)21-27)23-26-12-6-5-7-13-26/h5-18,21,33-35H,4,19-20,22-23H2,1-3H3. The van der Waals surface area contributed by atoms with Crippen LogP contribution in [0.2, 0.25) is 0 Å². The zero-order chi connectivity index (χ0) is 26.1. The van der Waals surface area contributed by atoms with Crippen LogP contribution in [-0.2, 0) is 6.54 Å². The summed E-state index contributed by atoms with van der Waals surface area (Å²) in [5.41, 5.74) is 7.90. The fraction of sp³-hybridized carbons (Fsp3) is 0.294. The number of rotatable bonds is 7. The van der Waals surface area contributed by atoms with Gasteiger partial charge in [-0.15, -0.1) is 0 Å². The minimum Gasteiger partial charge on any atom is -0.475 e. The van der Waals surface area contributed by atoms with Crippen LogP contribution >= 0.6 is 0 Å². The van der Waals surface area contributed by atoms with E-state index in [1.807, 2.05) is 0 Å². The van der Waals surface area contributed by atoms with E-state index >= 15 is 0 Å². The van der Waals surface area contributed by atoms with Crippen LogP contribution in [0.25, 0.3) is 21.8 Å². The molecule has 4 aromatic carbocycles. The van der Waals surface area contributed by atoms with E-state index in [-0.39, 0.29) is 6.23 Å². The number of para-hydroxylation sites is 1. The fourth-order valence-corrected chi connectivity index (χ4v) is 6.07. The number of ether oxygens (including phenoxy) is 1. The van der Waals surface area contributed by atoms with Crippen LogP contribution in [0, 0.1) is 13.8 Å². The van der Waals surface area contributed by atoms with E-state index in [2.05, 4.69) is 127 Å².